The van der Waals surface area contributed by atoms with Crippen molar-refractivity contribution >= 4 is 11.8 Å². The van der Waals surface area contributed by atoms with E-state index in [0.29, 0.717) is 42.5 Å². The number of piperidine rings is 2. The molecule has 0 aromatic carbocycles. The molecule has 1 N–H and O–H groups in total. The Kier molecular flexibility index (Phi) is 7.08. The van der Waals surface area contributed by atoms with E-state index in [1.807, 2.05) is 14.1 Å². The molecule has 2 heterocycles. The summed E-state index contributed by atoms with van der Waals surface area (Å²) in [6.07, 6.45) is 5.49. The molecule has 3 unspecified atom stereocenters. The van der Waals surface area contributed by atoms with Crippen molar-refractivity contribution in [3.8, 4) is 0 Å². The second-order valence-electron chi connectivity index (χ2n) is 8.29. The average Bonchev–Trinajstić information content (AvgIpc) is 2.54. The van der Waals surface area contributed by atoms with E-state index in [-0.39, 0.29) is 5.91 Å². The highest BCUT2D eigenvalue weighted by atomic mass is 16.2. The van der Waals surface area contributed by atoms with Crippen LogP contribution in [0.1, 0.15) is 52.4 Å². The SMILES string of the molecule is CC(C)CCC(=O)N1CC2CNC(CCCC(=O)N(C)C)C(C2)C1. The molecule has 0 aliphatic carbocycles. The lowest BCUT2D eigenvalue weighted by atomic mass is 9.79. The van der Waals surface area contributed by atoms with Crippen molar-refractivity contribution in [3.63, 3.8) is 0 Å². The monoisotopic (exact) mass is 337 g/mol. The number of hydrogen-bond acceptors (Lipinski definition) is 3. The van der Waals surface area contributed by atoms with E-state index in [1.165, 1.54) is 6.42 Å². The Balaban J connectivity index is 1.81. The molecule has 2 bridgehead atoms. The summed E-state index contributed by atoms with van der Waals surface area (Å²) < 4.78 is 0. The highest BCUT2D eigenvalue weighted by Gasteiger charge is 2.37. The van der Waals surface area contributed by atoms with E-state index < -0.39 is 0 Å². The number of amides is 2. The lowest BCUT2D eigenvalue weighted by molar-refractivity contribution is -0.135. The highest BCUT2D eigenvalue weighted by Crippen LogP contribution is 2.31. The van der Waals surface area contributed by atoms with E-state index in [2.05, 4.69) is 24.1 Å². The van der Waals surface area contributed by atoms with Crippen molar-refractivity contribution in [2.24, 2.45) is 17.8 Å². The summed E-state index contributed by atoms with van der Waals surface area (Å²) in [4.78, 5) is 28.0. The van der Waals surface area contributed by atoms with Crippen LogP contribution in [0.3, 0.4) is 0 Å². The van der Waals surface area contributed by atoms with Gasteiger partial charge in [-0.1, -0.05) is 13.8 Å². The Bertz CT molecular complexity index is 436. The third-order valence-electron chi connectivity index (χ3n) is 5.50. The minimum Gasteiger partial charge on any atom is -0.349 e. The average molecular weight is 338 g/mol. The molecule has 0 aromatic rings. The molecule has 2 saturated heterocycles. The molecule has 3 atom stereocenters. The van der Waals surface area contributed by atoms with Gasteiger partial charge >= 0.3 is 0 Å². The van der Waals surface area contributed by atoms with Gasteiger partial charge in [-0.3, -0.25) is 9.59 Å². The van der Waals surface area contributed by atoms with Crippen LogP contribution in [0.5, 0.6) is 0 Å². The van der Waals surface area contributed by atoms with Gasteiger partial charge in [0.25, 0.3) is 0 Å². The normalized spacial score (nSPS) is 26.5. The van der Waals surface area contributed by atoms with Crippen LogP contribution in [0.25, 0.3) is 0 Å². The van der Waals surface area contributed by atoms with Gasteiger partial charge in [-0.15, -0.1) is 0 Å². The molecule has 2 aliphatic rings. The second-order valence-corrected chi connectivity index (χ2v) is 8.29. The summed E-state index contributed by atoms with van der Waals surface area (Å²) in [7, 11) is 3.63. The fraction of sp³-hybridized carbons (Fsp3) is 0.895. The van der Waals surface area contributed by atoms with Crippen molar-refractivity contribution in [2.75, 3.05) is 33.7 Å². The van der Waals surface area contributed by atoms with Gasteiger partial charge in [0.1, 0.15) is 0 Å². The van der Waals surface area contributed by atoms with Gasteiger partial charge in [-0.05, 0) is 50.0 Å². The number of rotatable bonds is 7. The number of likely N-dealkylation sites (tertiary alicyclic amines) is 1. The summed E-state index contributed by atoms with van der Waals surface area (Å²) >= 11 is 0. The smallest absolute Gasteiger partial charge is 0.222 e. The van der Waals surface area contributed by atoms with Gasteiger partial charge in [0, 0.05) is 46.1 Å². The van der Waals surface area contributed by atoms with E-state index >= 15 is 0 Å². The van der Waals surface area contributed by atoms with Gasteiger partial charge in [0.05, 0.1) is 0 Å². The number of carbonyl (C=O) groups excluding carboxylic acids is 2. The van der Waals surface area contributed by atoms with E-state index in [0.717, 1.165) is 38.9 Å². The van der Waals surface area contributed by atoms with Gasteiger partial charge in [-0.2, -0.15) is 0 Å². The molecule has 5 heteroatoms. The Labute approximate surface area is 147 Å². The fourth-order valence-corrected chi connectivity index (χ4v) is 3.98. The second kappa shape index (κ2) is 8.84. The third-order valence-corrected chi connectivity index (χ3v) is 5.50. The summed E-state index contributed by atoms with van der Waals surface area (Å²) in [6, 6.07) is 0.455. The van der Waals surface area contributed by atoms with Crippen molar-refractivity contribution < 1.29 is 9.59 Å². The zero-order valence-electron chi connectivity index (χ0n) is 15.9. The van der Waals surface area contributed by atoms with Crippen LogP contribution in [0.15, 0.2) is 0 Å². The quantitative estimate of drug-likeness (QED) is 0.774. The molecular formula is C19H35N3O2. The van der Waals surface area contributed by atoms with Crippen LogP contribution in [-0.2, 0) is 9.59 Å². The third kappa shape index (κ3) is 5.47. The molecule has 0 saturated carbocycles. The number of nitrogens with zero attached hydrogens (tertiary/aromatic N) is 2. The predicted molar refractivity (Wildman–Crippen MR) is 96.6 cm³/mol. The first-order chi connectivity index (χ1) is 11.4. The summed E-state index contributed by atoms with van der Waals surface area (Å²) in [5, 5.41) is 3.67. The van der Waals surface area contributed by atoms with Crippen LogP contribution >= 0.6 is 0 Å². The van der Waals surface area contributed by atoms with Gasteiger partial charge in [0.2, 0.25) is 11.8 Å². The predicted octanol–water partition coefficient (Wildman–Crippen LogP) is 2.12. The van der Waals surface area contributed by atoms with Crippen molar-refractivity contribution in [2.45, 2.75) is 58.4 Å². The standard InChI is InChI=1S/C19H35N3O2/c1-14(2)8-9-19(24)22-12-15-10-16(13-22)17(20-11-15)6-5-7-18(23)21(3)4/h14-17,20H,5-13H2,1-4H3. The first-order valence-electron chi connectivity index (χ1n) is 9.58. The summed E-state index contributed by atoms with van der Waals surface area (Å²) in [5.74, 6) is 2.28. The first-order valence-corrected chi connectivity index (χ1v) is 9.58. The molecule has 0 aromatic heterocycles. The Hall–Kier alpha value is -1.10. The molecule has 138 valence electrons. The molecular weight excluding hydrogens is 302 g/mol. The van der Waals surface area contributed by atoms with Crippen molar-refractivity contribution in [1.29, 1.82) is 0 Å². The van der Waals surface area contributed by atoms with Crippen LogP contribution in [0.2, 0.25) is 0 Å². The molecule has 0 radical (unpaired) electrons. The van der Waals surface area contributed by atoms with Crippen LogP contribution in [0, 0.1) is 17.8 Å². The maximum absolute atomic E-state index is 12.5. The zero-order chi connectivity index (χ0) is 17.7. The molecule has 2 amide bonds. The fourth-order valence-electron chi connectivity index (χ4n) is 3.98. The van der Waals surface area contributed by atoms with Crippen LogP contribution < -0.4 is 5.32 Å². The minimum absolute atomic E-state index is 0.206. The summed E-state index contributed by atoms with van der Waals surface area (Å²) in [6.45, 7) is 7.18. The van der Waals surface area contributed by atoms with Gasteiger partial charge in [0.15, 0.2) is 0 Å². The molecule has 2 fully saturated rings. The minimum atomic E-state index is 0.206. The topological polar surface area (TPSA) is 52.7 Å². The largest absolute Gasteiger partial charge is 0.349 e. The van der Waals surface area contributed by atoms with Crippen LogP contribution in [0.4, 0.5) is 0 Å². The maximum Gasteiger partial charge on any atom is 0.222 e. The summed E-state index contributed by atoms with van der Waals surface area (Å²) in [5.41, 5.74) is 0. The van der Waals surface area contributed by atoms with Gasteiger partial charge < -0.3 is 15.1 Å². The molecule has 24 heavy (non-hydrogen) atoms. The van der Waals surface area contributed by atoms with Crippen molar-refractivity contribution in [3.05, 3.63) is 0 Å². The number of hydrogen-bond donors (Lipinski definition) is 1. The Morgan fingerprint density at radius 1 is 1.21 bits per heavy atom. The van der Waals surface area contributed by atoms with Gasteiger partial charge in [-0.25, -0.2) is 0 Å². The zero-order valence-corrected chi connectivity index (χ0v) is 15.9. The van der Waals surface area contributed by atoms with Crippen LogP contribution in [-0.4, -0.2) is 61.4 Å². The molecule has 5 nitrogen and oxygen atoms in total. The van der Waals surface area contributed by atoms with E-state index in [4.69, 9.17) is 0 Å². The number of carbonyl (C=O) groups is 2. The van der Waals surface area contributed by atoms with Crippen molar-refractivity contribution in [1.82, 2.24) is 15.1 Å². The molecule has 2 rings (SSSR count). The number of fused-ring (bicyclic) bond motifs is 2. The van der Waals surface area contributed by atoms with E-state index in [9.17, 15) is 9.59 Å². The molecule has 2 aliphatic heterocycles. The first kappa shape index (κ1) is 19.2. The maximum atomic E-state index is 12.5. The van der Waals surface area contributed by atoms with E-state index in [1.54, 1.807) is 4.90 Å². The lowest BCUT2D eigenvalue weighted by Gasteiger charge is -2.46. The number of nitrogens with one attached hydrogen (secondary N) is 1. The Morgan fingerprint density at radius 3 is 2.62 bits per heavy atom. The molecule has 0 spiro atoms. The lowest BCUT2D eigenvalue weighted by Crippen LogP contribution is -2.57. The highest BCUT2D eigenvalue weighted by molar-refractivity contribution is 5.76. The Morgan fingerprint density at radius 2 is 1.96 bits per heavy atom.